The third-order valence-corrected chi connectivity index (χ3v) is 7.00. The Balaban J connectivity index is 2.45. The van der Waals surface area contributed by atoms with E-state index in [1.54, 1.807) is 50.4 Å². The van der Waals surface area contributed by atoms with Crippen molar-refractivity contribution in [3.63, 3.8) is 0 Å². The van der Waals surface area contributed by atoms with Gasteiger partial charge in [-0.2, -0.15) is 0 Å². The number of halogens is 1. The molecule has 10 heteroatoms. The van der Waals surface area contributed by atoms with Gasteiger partial charge in [-0.3, -0.25) is 13.9 Å². The number of nitrogens with zero attached hydrogens (tertiary/aromatic N) is 2. The summed E-state index contributed by atoms with van der Waals surface area (Å²) in [5.41, 5.74) is 1.84. The number of carbonyl (C=O) groups is 2. The average Bonchev–Trinajstić information content (AvgIpc) is 2.78. The van der Waals surface area contributed by atoms with Gasteiger partial charge in [-0.15, -0.1) is 0 Å². The second-order valence-electron chi connectivity index (χ2n) is 8.66. The van der Waals surface area contributed by atoms with E-state index in [0.29, 0.717) is 17.2 Å². The molecule has 0 aliphatic rings. The van der Waals surface area contributed by atoms with E-state index < -0.39 is 28.5 Å². The molecule has 0 spiro atoms. The normalized spacial score (nSPS) is 12.2. The van der Waals surface area contributed by atoms with Gasteiger partial charge in [0.25, 0.3) is 0 Å². The Morgan fingerprint density at radius 1 is 1.11 bits per heavy atom. The summed E-state index contributed by atoms with van der Waals surface area (Å²) < 4.78 is 31.5. The maximum absolute atomic E-state index is 13.6. The molecule has 0 aromatic heterocycles. The fourth-order valence-corrected chi connectivity index (χ4v) is 4.59. The molecule has 2 amide bonds. The molecular weight excluding hydrogens is 490 g/mol. The Bertz CT molecular complexity index is 1140. The second-order valence-corrected chi connectivity index (χ2v) is 11.0. The summed E-state index contributed by atoms with van der Waals surface area (Å²) in [6, 6.07) is 11.1. The highest BCUT2D eigenvalue weighted by Gasteiger charge is 2.32. The summed E-state index contributed by atoms with van der Waals surface area (Å²) in [6.07, 6.45) is 1.39. The molecule has 0 bridgehead atoms. The van der Waals surface area contributed by atoms with Crippen LogP contribution in [0.25, 0.3) is 0 Å². The van der Waals surface area contributed by atoms with Crippen LogP contribution in [0.2, 0.25) is 5.02 Å². The molecule has 0 aliphatic heterocycles. The molecule has 35 heavy (non-hydrogen) atoms. The minimum Gasteiger partial charge on any atom is -0.497 e. The summed E-state index contributed by atoms with van der Waals surface area (Å²) in [5, 5.41) is 3.25. The zero-order valence-corrected chi connectivity index (χ0v) is 22.6. The average molecular weight is 524 g/mol. The van der Waals surface area contributed by atoms with E-state index in [9.17, 15) is 18.0 Å². The molecule has 0 radical (unpaired) electrons. The highest BCUT2D eigenvalue weighted by atomic mass is 35.5. The van der Waals surface area contributed by atoms with Crippen molar-refractivity contribution in [3.05, 3.63) is 58.6 Å². The Morgan fingerprint density at radius 2 is 1.74 bits per heavy atom. The van der Waals surface area contributed by atoms with Crippen LogP contribution in [0.1, 0.15) is 38.3 Å². The zero-order valence-electron chi connectivity index (χ0n) is 21.0. The number of methoxy groups -OCH3 is 1. The Kier molecular flexibility index (Phi) is 9.97. The molecule has 0 aliphatic carbocycles. The van der Waals surface area contributed by atoms with E-state index in [2.05, 4.69) is 5.32 Å². The van der Waals surface area contributed by atoms with E-state index >= 15 is 0 Å². The monoisotopic (exact) mass is 523 g/mol. The molecule has 0 heterocycles. The predicted octanol–water partition coefficient (Wildman–Crippen LogP) is 3.76. The van der Waals surface area contributed by atoms with Gasteiger partial charge in [0.15, 0.2) is 0 Å². The zero-order chi connectivity index (χ0) is 26.3. The smallest absolute Gasteiger partial charge is 0.244 e. The molecule has 0 unspecified atom stereocenters. The lowest BCUT2D eigenvalue weighted by Gasteiger charge is -2.33. The Labute approximate surface area is 213 Å². The summed E-state index contributed by atoms with van der Waals surface area (Å²) in [4.78, 5) is 28.0. The van der Waals surface area contributed by atoms with Gasteiger partial charge in [0.1, 0.15) is 18.3 Å². The number of benzene rings is 2. The van der Waals surface area contributed by atoms with Crippen molar-refractivity contribution in [1.82, 2.24) is 10.2 Å². The lowest BCUT2D eigenvalue weighted by atomic mass is 10.1. The highest BCUT2D eigenvalue weighted by Crippen LogP contribution is 2.25. The van der Waals surface area contributed by atoms with Gasteiger partial charge in [0, 0.05) is 17.6 Å². The number of amides is 2. The fraction of sp³-hybridized carbons (Fsp3) is 0.440. The van der Waals surface area contributed by atoms with Gasteiger partial charge in [0.05, 0.1) is 19.1 Å². The molecule has 2 aromatic rings. The van der Waals surface area contributed by atoms with E-state index in [-0.39, 0.29) is 24.2 Å². The van der Waals surface area contributed by atoms with Crippen molar-refractivity contribution in [2.45, 2.75) is 52.7 Å². The summed E-state index contributed by atoms with van der Waals surface area (Å²) in [7, 11) is -2.26. The van der Waals surface area contributed by atoms with Crippen molar-refractivity contribution in [2.24, 2.45) is 0 Å². The van der Waals surface area contributed by atoms with E-state index in [1.807, 2.05) is 20.8 Å². The van der Waals surface area contributed by atoms with Crippen LogP contribution in [0.4, 0.5) is 5.69 Å². The minimum atomic E-state index is -3.82. The molecule has 8 nitrogen and oxygen atoms in total. The third-order valence-electron chi connectivity index (χ3n) is 5.45. The summed E-state index contributed by atoms with van der Waals surface area (Å²) in [5.74, 6) is -0.141. The fourth-order valence-electron chi connectivity index (χ4n) is 3.58. The first-order valence-corrected chi connectivity index (χ1v) is 13.6. The largest absolute Gasteiger partial charge is 0.497 e. The van der Waals surface area contributed by atoms with Gasteiger partial charge in [-0.25, -0.2) is 8.42 Å². The molecule has 1 N–H and O–H groups in total. The van der Waals surface area contributed by atoms with E-state index in [1.165, 1.54) is 11.0 Å². The van der Waals surface area contributed by atoms with Crippen molar-refractivity contribution >= 4 is 39.1 Å². The minimum absolute atomic E-state index is 0.114. The van der Waals surface area contributed by atoms with Gasteiger partial charge in [0.2, 0.25) is 21.8 Å². The van der Waals surface area contributed by atoms with Crippen LogP contribution in [-0.4, -0.2) is 57.1 Å². The Morgan fingerprint density at radius 3 is 2.23 bits per heavy atom. The number of ether oxygens (including phenoxy) is 1. The van der Waals surface area contributed by atoms with Gasteiger partial charge in [-0.1, -0.05) is 36.7 Å². The van der Waals surface area contributed by atoms with Crippen LogP contribution >= 0.6 is 11.6 Å². The van der Waals surface area contributed by atoms with Crippen molar-refractivity contribution < 1.29 is 22.7 Å². The number of carbonyl (C=O) groups excluding carboxylic acids is 2. The Hall–Kier alpha value is -2.78. The molecule has 1 atom stereocenters. The first kappa shape index (κ1) is 28.5. The number of hydrogen-bond donors (Lipinski definition) is 1. The number of aryl methyl sites for hydroxylation is 1. The number of hydrogen-bond acceptors (Lipinski definition) is 5. The van der Waals surface area contributed by atoms with Gasteiger partial charge in [-0.05, 0) is 62.6 Å². The molecule has 0 fully saturated rings. The molecule has 2 aromatic carbocycles. The molecule has 192 valence electrons. The van der Waals surface area contributed by atoms with E-state index in [4.69, 9.17) is 16.3 Å². The van der Waals surface area contributed by atoms with Crippen LogP contribution in [0.15, 0.2) is 42.5 Å². The number of sulfonamides is 1. The second kappa shape index (κ2) is 12.3. The van der Waals surface area contributed by atoms with Crippen LogP contribution in [0.3, 0.4) is 0 Å². The maximum atomic E-state index is 13.6. The summed E-state index contributed by atoms with van der Waals surface area (Å²) in [6.45, 7) is 6.95. The lowest BCUT2D eigenvalue weighted by Crippen LogP contribution is -2.53. The molecular formula is C25H34ClN3O5S. The van der Waals surface area contributed by atoms with Gasteiger partial charge < -0.3 is 15.0 Å². The molecule has 0 saturated heterocycles. The highest BCUT2D eigenvalue weighted by molar-refractivity contribution is 7.92. The molecule has 0 saturated carbocycles. The quantitative estimate of drug-likeness (QED) is 0.484. The number of nitrogens with one attached hydrogen (secondary N) is 1. The first-order chi connectivity index (χ1) is 16.4. The number of anilines is 1. The topological polar surface area (TPSA) is 96.0 Å². The first-order valence-electron chi connectivity index (χ1n) is 11.3. The third kappa shape index (κ3) is 7.86. The lowest BCUT2D eigenvalue weighted by molar-refractivity contribution is -0.140. The van der Waals surface area contributed by atoms with Gasteiger partial charge >= 0.3 is 0 Å². The van der Waals surface area contributed by atoms with Crippen LogP contribution in [0, 0.1) is 6.92 Å². The van der Waals surface area contributed by atoms with Crippen LogP contribution in [-0.2, 0) is 26.2 Å². The standard InChI is InChI=1S/C25H34ClN3O5S/c1-7-23(25(31)27-17(2)3)28(15-19-9-12-21(34-5)13-10-19)24(30)16-29(35(6,32)33)20-11-8-18(4)22(26)14-20/h8-14,17,23H,7,15-16H2,1-6H3,(H,27,31)/t23-/m1/s1. The number of rotatable bonds is 11. The van der Waals surface area contributed by atoms with Crippen molar-refractivity contribution in [3.8, 4) is 5.75 Å². The molecule has 2 rings (SSSR count). The predicted molar refractivity (Wildman–Crippen MR) is 139 cm³/mol. The summed E-state index contributed by atoms with van der Waals surface area (Å²) >= 11 is 6.22. The van der Waals surface area contributed by atoms with E-state index in [0.717, 1.165) is 21.7 Å². The maximum Gasteiger partial charge on any atom is 0.244 e. The van der Waals surface area contributed by atoms with Crippen LogP contribution in [0.5, 0.6) is 5.75 Å². The van der Waals surface area contributed by atoms with Crippen molar-refractivity contribution in [1.29, 1.82) is 0 Å². The van der Waals surface area contributed by atoms with Crippen LogP contribution < -0.4 is 14.4 Å². The SMILES string of the molecule is CC[C@H](C(=O)NC(C)C)N(Cc1ccc(OC)cc1)C(=O)CN(c1ccc(C)c(Cl)c1)S(C)(=O)=O. The van der Waals surface area contributed by atoms with Crippen molar-refractivity contribution in [2.75, 3.05) is 24.2 Å².